The molecule has 1 aliphatic rings. The van der Waals surface area contributed by atoms with Gasteiger partial charge in [-0.1, -0.05) is 74.9 Å². The van der Waals surface area contributed by atoms with Crippen LogP contribution in [0, 0.1) is 6.92 Å². The second-order valence-corrected chi connectivity index (χ2v) is 8.72. The first-order valence-corrected chi connectivity index (χ1v) is 10.1. The van der Waals surface area contributed by atoms with Crippen LogP contribution in [0.25, 0.3) is 5.76 Å². The van der Waals surface area contributed by atoms with E-state index >= 15 is 0 Å². The average Bonchev–Trinajstić information content (AvgIpc) is 2.96. The molecule has 30 heavy (non-hydrogen) atoms. The third-order valence-corrected chi connectivity index (χ3v) is 5.49. The molecule has 158 valence electrons. The fraction of sp³-hybridized carbons (Fsp3) is 0.360. The molecule has 5 heteroatoms. The van der Waals surface area contributed by atoms with Gasteiger partial charge in [-0.05, 0) is 23.5 Å². The maximum Gasteiger partial charge on any atom is 0.295 e. The minimum atomic E-state index is -0.672. The molecule has 0 aliphatic carbocycles. The third kappa shape index (κ3) is 4.17. The number of hydrogen-bond acceptors (Lipinski definition) is 4. The number of benzene rings is 2. The molecule has 1 fully saturated rings. The standard InChI is InChI=1S/C25H29NO4/c1-16-6-8-18(9-7-16)22(27)20-21(26(14-15-30-5)24(29)23(20)28)17-10-12-19(13-11-17)25(2,3)4/h6-13,21,27H,14-15H2,1-5H3/b22-20+. The monoisotopic (exact) mass is 407 g/mol. The highest BCUT2D eigenvalue weighted by molar-refractivity contribution is 6.46. The average molecular weight is 408 g/mol. The van der Waals surface area contributed by atoms with Crippen molar-refractivity contribution in [1.82, 2.24) is 4.90 Å². The summed E-state index contributed by atoms with van der Waals surface area (Å²) in [6, 6.07) is 14.5. The van der Waals surface area contributed by atoms with Crippen molar-refractivity contribution in [3.63, 3.8) is 0 Å². The van der Waals surface area contributed by atoms with Crippen molar-refractivity contribution in [3.8, 4) is 0 Å². The van der Waals surface area contributed by atoms with Crippen LogP contribution in [0.4, 0.5) is 0 Å². The van der Waals surface area contributed by atoms with Crippen LogP contribution in [0.3, 0.4) is 0 Å². The summed E-state index contributed by atoms with van der Waals surface area (Å²) in [6.07, 6.45) is 0. The number of aliphatic hydroxyl groups excluding tert-OH is 1. The number of amides is 1. The second-order valence-electron chi connectivity index (χ2n) is 8.72. The van der Waals surface area contributed by atoms with Crippen LogP contribution in [-0.2, 0) is 19.7 Å². The van der Waals surface area contributed by atoms with E-state index in [2.05, 4.69) is 20.8 Å². The Labute approximate surface area is 178 Å². The van der Waals surface area contributed by atoms with E-state index in [9.17, 15) is 14.7 Å². The zero-order chi connectivity index (χ0) is 22.1. The van der Waals surface area contributed by atoms with Crippen LogP contribution < -0.4 is 0 Å². The predicted molar refractivity (Wildman–Crippen MR) is 117 cm³/mol. The highest BCUT2D eigenvalue weighted by Gasteiger charge is 2.45. The molecule has 1 amide bonds. The van der Waals surface area contributed by atoms with E-state index < -0.39 is 17.7 Å². The molecule has 0 spiro atoms. The van der Waals surface area contributed by atoms with Crippen molar-refractivity contribution in [2.24, 2.45) is 0 Å². The number of rotatable bonds is 5. The minimum absolute atomic E-state index is 0.0156. The summed E-state index contributed by atoms with van der Waals surface area (Å²) in [5.74, 6) is -1.45. The molecule has 1 atom stereocenters. The first-order valence-electron chi connectivity index (χ1n) is 10.1. The molecule has 1 N–H and O–H groups in total. The normalized spacial score (nSPS) is 18.8. The molecule has 2 aromatic rings. The van der Waals surface area contributed by atoms with Gasteiger partial charge in [0.2, 0.25) is 0 Å². The Morgan fingerprint density at radius 3 is 2.17 bits per heavy atom. The number of aliphatic hydroxyl groups is 1. The smallest absolute Gasteiger partial charge is 0.295 e. The number of hydrogen-bond donors (Lipinski definition) is 1. The number of likely N-dealkylation sites (tertiary alicyclic amines) is 1. The molecule has 3 rings (SSSR count). The van der Waals surface area contributed by atoms with Gasteiger partial charge in [0, 0.05) is 19.2 Å². The molecule has 0 aromatic heterocycles. The molecule has 1 unspecified atom stereocenters. The number of methoxy groups -OCH3 is 1. The van der Waals surface area contributed by atoms with Crippen LogP contribution in [0.1, 0.15) is 49.1 Å². The molecule has 1 aliphatic heterocycles. The van der Waals surface area contributed by atoms with Crippen molar-refractivity contribution in [2.45, 2.75) is 39.2 Å². The molecule has 0 saturated carbocycles. The molecule has 0 radical (unpaired) electrons. The van der Waals surface area contributed by atoms with Gasteiger partial charge in [-0.15, -0.1) is 0 Å². The maximum absolute atomic E-state index is 12.9. The Bertz CT molecular complexity index is 966. The molecular formula is C25H29NO4. The Morgan fingerprint density at radius 1 is 1.03 bits per heavy atom. The fourth-order valence-corrected chi connectivity index (χ4v) is 3.68. The van der Waals surface area contributed by atoms with Gasteiger partial charge < -0.3 is 14.7 Å². The summed E-state index contributed by atoms with van der Waals surface area (Å²) in [4.78, 5) is 27.2. The van der Waals surface area contributed by atoms with Gasteiger partial charge in [-0.25, -0.2) is 0 Å². The van der Waals surface area contributed by atoms with Crippen molar-refractivity contribution in [1.29, 1.82) is 0 Å². The summed E-state index contributed by atoms with van der Waals surface area (Å²) in [5, 5.41) is 11.0. The second kappa shape index (κ2) is 8.44. The van der Waals surface area contributed by atoms with Crippen molar-refractivity contribution < 1.29 is 19.4 Å². The van der Waals surface area contributed by atoms with Crippen LogP contribution in [0.15, 0.2) is 54.1 Å². The summed E-state index contributed by atoms with van der Waals surface area (Å²) in [6.45, 7) is 8.90. The number of carbonyl (C=O) groups is 2. The van der Waals surface area contributed by atoms with Gasteiger partial charge in [0.15, 0.2) is 0 Å². The van der Waals surface area contributed by atoms with E-state index in [1.807, 2.05) is 43.3 Å². The topological polar surface area (TPSA) is 66.8 Å². The van der Waals surface area contributed by atoms with Crippen molar-refractivity contribution in [3.05, 3.63) is 76.4 Å². The van der Waals surface area contributed by atoms with Gasteiger partial charge in [0.25, 0.3) is 11.7 Å². The number of nitrogens with zero attached hydrogens (tertiary/aromatic N) is 1. The number of Topliss-reactive ketones (excluding diaryl/α,β-unsaturated/α-hetero) is 1. The van der Waals surface area contributed by atoms with E-state index in [4.69, 9.17) is 4.74 Å². The highest BCUT2D eigenvalue weighted by Crippen LogP contribution is 2.39. The molecule has 1 saturated heterocycles. The predicted octanol–water partition coefficient (Wildman–Crippen LogP) is 4.36. The molecule has 0 bridgehead atoms. The Balaban J connectivity index is 2.13. The lowest BCUT2D eigenvalue weighted by molar-refractivity contribution is -0.140. The Kier molecular flexibility index (Phi) is 6.13. The van der Waals surface area contributed by atoms with Gasteiger partial charge in [0.05, 0.1) is 18.2 Å². The van der Waals surface area contributed by atoms with Crippen LogP contribution in [0.5, 0.6) is 0 Å². The molecular weight excluding hydrogens is 378 g/mol. The number of aryl methyl sites for hydroxylation is 1. The van der Waals surface area contributed by atoms with Gasteiger partial charge in [-0.3, -0.25) is 9.59 Å². The van der Waals surface area contributed by atoms with Crippen molar-refractivity contribution in [2.75, 3.05) is 20.3 Å². The van der Waals surface area contributed by atoms with Gasteiger partial charge in [0.1, 0.15) is 5.76 Å². The molecule has 5 nitrogen and oxygen atoms in total. The number of ketones is 1. The summed E-state index contributed by atoms with van der Waals surface area (Å²) >= 11 is 0. The van der Waals surface area contributed by atoms with E-state index in [0.29, 0.717) is 12.2 Å². The summed E-state index contributed by atoms with van der Waals surface area (Å²) in [7, 11) is 1.55. The molecule has 2 aromatic carbocycles. The fourth-order valence-electron chi connectivity index (χ4n) is 3.68. The van der Waals surface area contributed by atoms with E-state index in [1.54, 1.807) is 19.2 Å². The van der Waals surface area contributed by atoms with Gasteiger partial charge in [-0.2, -0.15) is 0 Å². The van der Waals surface area contributed by atoms with E-state index in [-0.39, 0.29) is 23.3 Å². The quantitative estimate of drug-likeness (QED) is 0.454. The minimum Gasteiger partial charge on any atom is -0.507 e. The van der Waals surface area contributed by atoms with Crippen LogP contribution in [-0.4, -0.2) is 42.0 Å². The van der Waals surface area contributed by atoms with Gasteiger partial charge >= 0.3 is 0 Å². The lowest BCUT2D eigenvalue weighted by Gasteiger charge is -2.26. The lowest BCUT2D eigenvalue weighted by Crippen LogP contribution is -2.32. The van der Waals surface area contributed by atoms with Crippen LogP contribution in [0.2, 0.25) is 0 Å². The summed E-state index contributed by atoms with van der Waals surface area (Å²) in [5.41, 5.74) is 3.59. The van der Waals surface area contributed by atoms with E-state index in [1.165, 1.54) is 4.90 Å². The first kappa shape index (κ1) is 21.8. The Morgan fingerprint density at radius 2 is 1.63 bits per heavy atom. The van der Waals surface area contributed by atoms with Crippen LogP contribution >= 0.6 is 0 Å². The zero-order valence-corrected chi connectivity index (χ0v) is 18.2. The molecule has 1 heterocycles. The van der Waals surface area contributed by atoms with Crippen molar-refractivity contribution >= 4 is 17.4 Å². The Hall–Kier alpha value is -2.92. The first-order chi connectivity index (χ1) is 14.1. The summed E-state index contributed by atoms with van der Waals surface area (Å²) < 4.78 is 5.15. The maximum atomic E-state index is 12.9. The SMILES string of the molecule is COCCN1C(=O)C(=O)/C(=C(/O)c2ccc(C)cc2)C1c1ccc(C(C)(C)C)cc1. The number of ether oxygens (including phenoxy) is 1. The highest BCUT2D eigenvalue weighted by atomic mass is 16.5. The third-order valence-electron chi connectivity index (χ3n) is 5.49. The zero-order valence-electron chi connectivity index (χ0n) is 18.2. The van der Waals surface area contributed by atoms with E-state index in [0.717, 1.165) is 16.7 Å². The lowest BCUT2D eigenvalue weighted by atomic mass is 9.85. The number of carbonyl (C=O) groups excluding carboxylic acids is 2. The largest absolute Gasteiger partial charge is 0.507 e.